The van der Waals surface area contributed by atoms with Crippen molar-refractivity contribution in [3.8, 4) is 0 Å². The Balaban J connectivity index is 1.87. The third kappa shape index (κ3) is 5.14. The van der Waals surface area contributed by atoms with E-state index in [0.29, 0.717) is 15.4 Å². The van der Waals surface area contributed by atoms with Crippen molar-refractivity contribution in [3.05, 3.63) is 53.0 Å². The molecule has 1 aromatic heterocycles. The predicted molar refractivity (Wildman–Crippen MR) is 115 cm³/mol. The number of benzene rings is 2. The maximum atomic E-state index is 14.0. The van der Waals surface area contributed by atoms with E-state index in [1.165, 1.54) is 22.3 Å². The number of fused-ring (bicyclic) bond motifs is 1. The number of aromatic nitrogens is 1. The molecule has 0 saturated carbocycles. The third-order valence-corrected chi connectivity index (χ3v) is 6.07. The highest BCUT2D eigenvalue weighted by atomic mass is 32.2. The average Bonchev–Trinajstić information content (AvgIpc) is 3.17. The van der Waals surface area contributed by atoms with Gasteiger partial charge in [-0.1, -0.05) is 0 Å². The summed E-state index contributed by atoms with van der Waals surface area (Å²) in [5.41, 5.74) is 0.583. The van der Waals surface area contributed by atoms with Crippen molar-refractivity contribution in [3.63, 3.8) is 0 Å². The van der Waals surface area contributed by atoms with E-state index in [1.54, 1.807) is 18.7 Å². The molecule has 0 saturated heterocycles. The molecule has 30 heavy (non-hydrogen) atoms. The summed E-state index contributed by atoms with van der Waals surface area (Å²) in [5.74, 6) is -2.69. The average molecular weight is 451 g/mol. The molecule has 158 valence electrons. The minimum atomic E-state index is -1.00. The number of halogens is 2. The van der Waals surface area contributed by atoms with Crippen LogP contribution in [0.15, 0.2) is 41.3 Å². The van der Waals surface area contributed by atoms with Crippen LogP contribution in [0.2, 0.25) is 0 Å². The number of thioether (sulfide) groups is 1. The number of rotatable bonds is 8. The van der Waals surface area contributed by atoms with Crippen molar-refractivity contribution >= 4 is 50.9 Å². The fraction of sp³-hybridized carbons (Fsp3) is 0.286. The lowest BCUT2D eigenvalue weighted by molar-refractivity contribution is -0.144. The zero-order chi connectivity index (χ0) is 21.7. The number of nitrogens with zero attached hydrogens (tertiary/aromatic N) is 2. The number of anilines is 1. The van der Waals surface area contributed by atoms with Crippen LogP contribution < -0.4 is 4.90 Å². The molecule has 5 nitrogen and oxygen atoms in total. The van der Waals surface area contributed by atoms with Crippen LogP contribution in [0, 0.1) is 11.6 Å². The SMILES string of the molecule is CCOC(=O)CCC(=O)N(Cc1nc2c(F)c(F)ccc2s1)c1ccc(SC)cc1. The summed E-state index contributed by atoms with van der Waals surface area (Å²) in [4.78, 5) is 31.3. The molecule has 1 heterocycles. The standard InChI is InChI=1S/C21H20F2N2O3S2/c1-3-28-19(27)11-10-18(26)25(13-4-6-14(29-2)7-5-13)12-17-24-21-16(30-17)9-8-15(22)20(21)23/h4-9H,3,10-12H2,1-2H3. The topological polar surface area (TPSA) is 59.5 Å². The van der Waals surface area contributed by atoms with E-state index in [2.05, 4.69) is 4.98 Å². The van der Waals surface area contributed by atoms with Gasteiger partial charge in [-0.15, -0.1) is 23.1 Å². The van der Waals surface area contributed by atoms with Gasteiger partial charge in [0.15, 0.2) is 11.6 Å². The second-order valence-electron chi connectivity index (χ2n) is 6.30. The first-order valence-corrected chi connectivity index (χ1v) is 11.3. The first-order chi connectivity index (χ1) is 14.4. The molecule has 0 aliphatic heterocycles. The summed E-state index contributed by atoms with van der Waals surface area (Å²) in [6.45, 7) is 2.04. The van der Waals surface area contributed by atoms with Gasteiger partial charge in [0.25, 0.3) is 0 Å². The lowest BCUT2D eigenvalue weighted by atomic mass is 10.2. The number of esters is 1. The van der Waals surface area contributed by atoms with Crippen molar-refractivity contribution in [2.45, 2.75) is 31.2 Å². The minimum Gasteiger partial charge on any atom is -0.466 e. The van der Waals surface area contributed by atoms with Crippen LogP contribution in [0.25, 0.3) is 10.2 Å². The first kappa shape index (κ1) is 22.2. The molecule has 1 amide bonds. The van der Waals surface area contributed by atoms with Crippen molar-refractivity contribution < 1.29 is 23.1 Å². The third-order valence-electron chi connectivity index (χ3n) is 4.32. The second kappa shape index (κ2) is 9.99. The van der Waals surface area contributed by atoms with E-state index >= 15 is 0 Å². The van der Waals surface area contributed by atoms with E-state index in [0.717, 1.165) is 11.0 Å². The molecular formula is C21H20F2N2O3S2. The lowest BCUT2D eigenvalue weighted by Gasteiger charge is -2.22. The lowest BCUT2D eigenvalue weighted by Crippen LogP contribution is -2.30. The Morgan fingerprint density at radius 3 is 2.53 bits per heavy atom. The fourth-order valence-corrected chi connectivity index (χ4v) is 4.21. The van der Waals surface area contributed by atoms with Gasteiger partial charge < -0.3 is 9.64 Å². The molecule has 0 aliphatic carbocycles. The molecule has 0 unspecified atom stereocenters. The summed E-state index contributed by atoms with van der Waals surface area (Å²) < 4.78 is 32.9. The molecule has 9 heteroatoms. The molecule has 0 radical (unpaired) electrons. The number of thiazole rings is 1. The Morgan fingerprint density at radius 2 is 1.87 bits per heavy atom. The molecule has 0 fully saturated rings. The highest BCUT2D eigenvalue weighted by molar-refractivity contribution is 7.98. The van der Waals surface area contributed by atoms with E-state index in [1.807, 2.05) is 30.5 Å². The number of amides is 1. The Hall–Kier alpha value is -2.52. The Morgan fingerprint density at radius 1 is 1.13 bits per heavy atom. The van der Waals surface area contributed by atoms with Crippen LogP contribution in [0.5, 0.6) is 0 Å². The fourth-order valence-electron chi connectivity index (χ4n) is 2.85. The van der Waals surface area contributed by atoms with Gasteiger partial charge >= 0.3 is 5.97 Å². The molecule has 0 atom stereocenters. The van der Waals surface area contributed by atoms with E-state index in [9.17, 15) is 18.4 Å². The van der Waals surface area contributed by atoms with Gasteiger partial charge in [-0.3, -0.25) is 9.59 Å². The first-order valence-electron chi connectivity index (χ1n) is 9.26. The molecular weight excluding hydrogens is 430 g/mol. The molecule has 0 spiro atoms. The van der Waals surface area contributed by atoms with Crippen LogP contribution in [0.3, 0.4) is 0 Å². The summed E-state index contributed by atoms with van der Waals surface area (Å²) in [6.07, 6.45) is 1.88. The molecule has 3 aromatic rings. The van der Waals surface area contributed by atoms with Gasteiger partial charge in [0.1, 0.15) is 10.5 Å². The van der Waals surface area contributed by atoms with Gasteiger partial charge in [0.2, 0.25) is 5.91 Å². The number of ether oxygens (including phenoxy) is 1. The zero-order valence-electron chi connectivity index (χ0n) is 16.5. The number of carbonyl (C=O) groups is 2. The van der Waals surface area contributed by atoms with Gasteiger partial charge in [-0.25, -0.2) is 13.8 Å². The van der Waals surface area contributed by atoms with E-state index < -0.39 is 17.6 Å². The molecule has 0 N–H and O–H groups in total. The highest BCUT2D eigenvalue weighted by Crippen LogP contribution is 2.29. The Kier molecular flexibility index (Phi) is 7.38. The highest BCUT2D eigenvalue weighted by Gasteiger charge is 2.21. The van der Waals surface area contributed by atoms with Crippen molar-refractivity contribution in [1.82, 2.24) is 4.98 Å². The van der Waals surface area contributed by atoms with Gasteiger partial charge in [-0.2, -0.15) is 0 Å². The summed E-state index contributed by atoms with van der Waals surface area (Å²) in [5, 5.41) is 0.466. The van der Waals surface area contributed by atoms with Crippen LogP contribution >= 0.6 is 23.1 Å². The Labute approximate surface area is 181 Å². The van der Waals surface area contributed by atoms with Crippen LogP contribution in [0.1, 0.15) is 24.8 Å². The monoisotopic (exact) mass is 450 g/mol. The molecule has 0 aliphatic rings. The van der Waals surface area contributed by atoms with Crippen LogP contribution in [-0.4, -0.2) is 29.7 Å². The minimum absolute atomic E-state index is 0.0308. The van der Waals surface area contributed by atoms with E-state index in [-0.39, 0.29) is 37.4 Å². The van der Waals surface area contributed by atoms with Gasteiger partial charge in [0.05, 0.1) is 24.3 Å². The summed E-state index contributed by atoms with van der Waals surface area (Å²) in [6, 6.07) is 9.92. The zero-order valence-corrected chi connectivity index (χ0v) is 18.1. The second-order valence-corrected chi connectivity index (χ2v) is 8.29. The maximum absolute atomic E-state index is 14.0. The smallest absolute Gasteiger partial charge is 0.306 e. The van der Waals surface area contributed by atoms with Crippen molar-refractivity contribution in [2.75, 3.05) is 17.8 Å². The van der Waals surface area contributed by atoms with E-state index in [4.69, 9.17) is 4.74 Å². The van der Waals surface area contributed by atoms with Gasteiger partial charge in [-0.05, 0) is 49.6 Å². The predicted octanol–water partition coefficient (Wildman–Crippen LogP) is 5.17. The molecule has 0 bridgehead atoms. The molecule has 3 rings (SSSR count). The maximum Gasteiger partial charge on any atom is 0.306 e. The summed E-state index contributed by atoms with van der Waals surface area (Å²) in [7, 11) is 0. The summed E-state index contributed by atoms with van der Waals surface area (Å²) >= 11 is 2.77. The van der Waals surface area contributed by atoms with Crippen molar-refractivity contribution in [2.24, 2.45) is 0 Å². The number of hydrogen-bond acceptors (Lipinski definition) is 6. The Bertz CT molecular complexity index is 1050. The largest absolute Gasteiger partial charge is 0.466 e. The number of carbonyl (C=O) groups excluding carboxylic acids is 2. The van der Waals surface area contributed by atoms with Crippen LogP contribution in [0.4, 0.5) is 14.5 Å². The molecule has 2 aromatic carbocycles. The number of hydrogen-bond donors (Lipinski definition) is 0. The van der Waals surface area contributed by atoms with Crippen molar-refractivity contribution in [1.29, 1.82) is 0 Å². The van der Waals surface area contributed by atoms with Crippen LogP contribution in [-0.2, 0) is 20.9 Å². The quantitative estimate of drug-likeness (QED) is 0.350. The normalized spacial score (nSPS) is 10.9. The van der Waals surface area contributed by atoms with Gasteiger partial charge in [0, 0.05) is 17.0 Å².